The second-order valence-corrected chi connectivity index (χ2v) is 7.77. The van der Waals surface area contributed by atoms with Crippen molar-refractivity contribution in [3.8, 4) is 0 Å². The second-order valence-electron chi connectivity index (χ2n) is 6.67. The van der Waals surface area contributed by atoms with Gasteiger partial charge in [0, 0.05) is 10.9 Å². The molecular formula is C19H18F2N2O4S. The third-order valence-corrected chi connectivity index (χ3v) is 5.67. The number of hydrogen-bond acceptors (Lipinski definition) is 5. The zero-order chi connectivity index (χ0) is 20.4. The number of nitrogens with one attached hydrogen (secondary N) is 1. The van der Waals surface area contributed by atoms with Crippen LogP contribution in [0.3, 0.4) is 0 Å². The van der Waals surface area contributed by atoms with Gasteiger partial charge in [-0.1, -0.05) is 6.92 Å². The molecule has 0 saturated heterocycles. The van der Waals surface area contributed by atoms with Crippen molar-refractivity contribution >= 4 is 34.1 Å². The summed E-state index contributed by atoms with van der Waals surface area (Å²) < 4.78 is 31.3. The van der Waals surface area contributed by atoms with Crippen LogP contribution in [0.5, 0.6) is 0 Å². The topological polar surface area (TPSA) is 98.5 Å². The number of carbonyl (C=O) groups is 3. The maximum atomic E-state index is 13.6. The Morgan fingerprint density at radius 2 is 2.07 bits per heavy atom. The summed E-state index contributed by atoms with van der Waals surface area (Å²) in [5, 5.41) is 2.86. The number of amides is 2. The minimum atomic E-state index is -1.10. The first-order valence-corrected chi connectivity index (χ1v) is 9.44. The highest BCUT2D eigenvalue weighted by molar-refractivity contribution is 7.17. The Morgan fingerprint density at radius 3 is 2.75 bits per heavy atom. The van der Waals surface area contributed by atoms with Crippen molar-refractivity contribution in [1.82, 2.24) is 0 Å². The number of fused-ring (bicyclic) bond motifs is 1. The summed E-state index contributed by atoms with van der Waals surface area (Å²) in [6.45, 7) is 1.42. The molecule has 1 aliphatic carbocycles. The van der Waals surface area contributed by atoms with Gasteiger partial charge in [0.1, 0.15) is 16.6 Å². The number of esters is 1. The molecule has 1 aromatic carbocycles. The molecule has 0 aliphatic heterocycles. The van der Waals surface area contributed by atoms with Crippen molar-refractivity contribution in [2.24, 2.45) is 11.7 Å². The Bertz CT molecular complexity index is 958. The zero-order valence-electron chi connectivity index (χ0n) is 15.0. The first-order valence-electron chi connectivity index (χ1n) is 8.62. The van der Waals surface area contributed by atoms with Crippen LogP contribution in [0.15, 0.2) is 18.2 Å². The summed E-state index contributed by atoms with van der Waals surface area (Å²) in [6.07, 6.45) is 2.44. The lowest BCUT2D eigenvalue weighted by Crippen LogP contribution is -2.23. The van der Waals surface area contributed by atoms with Gasteiger partial charge in [0.05, 0.1) is 11.1 Å². The third kappa shape index (κ3) is 4.19. The molecule has 6 nitrogen and oxygen atoms in total. The second kappa shape index (κ2) is 8.05. The van der Waals surface area contributed by atoms with E-state index >= 15 is 0 Å². The zero-order valence-corrected chi connectivity index (χ0v) is 15.8. The molecule has 9 heteroatoms. The summed E-state index contributed by atoms with van der Waals surface area (Å²) in [5.41, 5.74) is 6.15. The Balaban J connectivity index is 1.68. The van der Waals surface area contributed by atoms with E-state index in [9.17, 15) is 23.2 Å². The van der Waals surface area contributed by atoms with Crippen LogP contribution in [0, 0.1) is 17.6 Å². The summed E-state index contributed by atoms with van der Waals surface area (Å²) >= 11 is 1.28. The van der Waals surface area contributed by atoms with Crippen LogP contribution >= 0.6 is 11.3 Å². The first kappa shape index (κ1) is 19.9. The average molecular weight is 408 g/mol. The van der Waals surface area contributed by atoms with E-state index in [0.717, 1.165) is 35.4 Å². The van der Waals surface area contributed by atoms with Gasteiger partial charge in [0.2, 0.25) is 0 Å². The molecule has 1 atom stereocenters. The number of benzene rings is 1. The van der Waals surface area contributed by atoms with E-state index in [2.05, 4.69) is 12.2 Å². The van der Waals surface area contributed by atoms with Crippen LogP contribution in [0.4, 0.5) is 13.8 Å². The smallest absolute Gasteiger partial charge is 0.341 e. The summed E-state index contributed by atoms with van der Waals surface area (Å²) in [7, 11) is 0. The van der Waals surface area contributed by atoms with Crippen LogP contribution < -0.4 is 11.1 Å². The summed E-state index contributed by atoms with van der Waals surface area (Å²) in [6, 6.07) is 2.40. The van der Waals surface area contributed by atoms with Gasteiger partial charge in [-0.3, -0.25) is 9.59 Å². The number of rotatable bonds is 5. The van der Waals surface area contributed by atoms with Gasteiger partial charge in [0.15, 0.2) is 6.61 Å². The molecule has 2 amide bonds. The number of nitrogens with two attached hydrogens (primary N) is 1. The van der Waals surface area contributed by atoms with Crippen molar-refractivity contribution in [2.45, 2.75) is 26.2 Å². The SMILES string of the molecule is C[C@@H]1CCc2c(sc(NC(=O)COC(=O)c3ccc(F)cc3F)c2C(N)=O)C1. The molecule has 0 spiro atoms. The number of anilines is 1. The standard InChI is InChI=1S/C19H18F2N2O4S/c1-9-2-4-12-14(6-9)28-18(16(12)17(22)25)23-15(24)8-27-19(26)11-5-3-10(20)7-13(11)21/h3,5,7,9H,2,4,6,8H2,1H3,(H2,22,25)(H,23,24)/t9-/m1/s1. The fraction of sp³-hybridized carbons (Fsp3) is 0.316. The maximum absolute atomic E-state index is 13.6. The van der Waals surface area contributed by atoms with Gasteiger partial charge in [-0.2, -0.15) is 0 Å². The molecule has 0 radical (unpaired) electrons. The molecule has 2 aromatic rings. The number of hydrogen-bond donors (Lipinski definition) is 2. The van der Waals surface area contributed by atoms with Gasteiger partial charge >= 0.3 is 5.97 Å². The van der Waals surface area contributed by atoms with E-state index in [1.54, 1.807) is 0 Å². The van der Waals surface area contributed by atoms with Crippen LogP contribution in [0.25, 0.3) is 0 Å². The molecular weight excluding hydrogens is 390 g/mol. The Labute approximate surface area is 163 Å². The molecule has 1 aliphatic rings. The van der Waals surface area contributed by atoms with Crippen LogP contribution in [0.1, 0.15) is 44.5 Å². The normalized spacial score (nSPS) is 15.6. The van der Waals surface area contributed by atoms with Gasteiger partial charge in [0.25, 0.3) is 11.8 Å². The van der Waals surface area contributed by atoms with Gasteiger partial charge in [-0.25, -0.2) is 13.6 Å². The molecule has 0 bridgehead atoms. The minimum absolute atomic E-state index is 0.288. The van der Waals surface area contributed by atoms with Crippen molar-refractivity contribution in [1.29, 1.82) is 0 Å². The molecule has 0 unspecified atom stereocenters. The highest BCUT2D eigenvalue weighted by Crippen LogP contribution is 2.39. The highest BCUT2D eigenvalue weighted by Gasteiger charge is 2.27. The first-order chi connectivity index (χ1) is 13.3. The molecule has 0 fully saturated rings. The van der Waals surface area contributed by atoms with Crippen LogP contribution in [-0.4, -0.2) is 24.4 Å². The van der Waals surface area contributed by atoms with E-state index in [-0.39, 0.29) is 5.56 Å². The van der Waals surface area contributed by atoms with Gasteiger partial charge < -0.3 is 15.8 Å². The summed E-state index contributed by atoms with van der Waals surface area (Å²) in [5.74, 6) is -3.86. The number of ether oxygens (including phenoxy) is 1. The molecule has 1 heterocycles. The quantitative estimate of drug-likeness (QED) is 0.743. The van der Waals surface area contributed by atoms with E-state index in [1.165, 1.54) is 11.3 Å². The highest BCUT2D eigenvalue weighted by atomic mass is 32.1. The van der Waals surface area contributed by atoms with E-state index < -0.39 is 41.6 Å². The predicted molar refractivity (Wildman–Crippen MR) is 99.3 cm³/mol. The number of carbonyl (C=O) groups excluding carboxylic acids is 3. The predicted octanol–water partition coefficient (Wildman–Crippen LogP) is 3.05. The number of halogens is 2. The molecule has 3 rings (SSSR count). The lowest BCUT2D eigenvalue weighted by molar-refractivity contribution is -0.119. The third-order valence-electron chi connectivity index (χ3n) is 4.50. The summed E-state index contributed by atoms with van der Waals surface area (Å²) in [4.78, 5) is 36.9. The van der Waals surface area contributed by atoms with Crippen molar-refractivity contribution in [2.75, 3.05) is 11.9 Å². The Morgan fingerprint density at radius 1 is 1.32 bits per heavy atom. The largest absolute Gasteiger partial charge is 0.452 e. The maximum Gasteiger partial charge on any atom is 0.341 e. The van der Waals surface area contributed by atoms with E-state index in [4.69, 9.17) is 10.5 Å². The Hall–Kier alpha value is -2.81. The van der Waals surface area contributed by atoms with Crippen molar-refractivity contribution in [3.05, 3.63) is 51.4 Å². The number of thiophene rings is 1. The fourth-order valence-corrected chi connectivity index (χ4v) is 4.56. The molecule has 28 heavy (non-hydrogen) atoms. The van der Waals surface area contributed by atoms with Crippen molar-refractivity contribution in [3.63, 3.8) is 0 Å². The van der Waals surface area contributed by atoms with E-state index in [0.29, 0.717) is 23.4 Å². The average Bonchev–Trinajstić information content (AvgIpc) is 2.96. The molecule has 0 saturated carbocycles. The molecule has 3 N–H and O–H groups in total. The van der Waals surface area contributed by atoms with Crippen molar-refractivity contribution < 1.29 is 27.9 Å². The molecule has 148 valence electrons. The van der Waals surface area contributed by atoms with Crippen LogP contribution in [0.2, 0.25) is 0 Å². The van der Waals surface area contributed by atoms with E-state index in [1.807, 2.05) is 0 Å². The molecule has 1 aromatic heterocycles. The minimum Gasteiger partial charge on any atom is -0.452 e. The lowest BCUT2D eigenvalue weighted by Gasteiger charge is -2.18. The number of primary amides is 1. The Kier molecular flexibility index (Phi) is 5.73. The van der Waals surface area contributed by atoms with Gasteiger partial charge in [-0.15, -0.1) is 11.3 Å². The van der Waals surface area contributed by atoms with Gasteiger partial charge in [-0.05, 0) is 42.9 Å². The van der Waals surface area contributed by atoms with Crippen LogP contribution in [-0.2, 0) is 22.4 Å². The fourth-order valence-electron chi connectivity index (χ4n) is 3.13. The monoisotopic (exact) mass is 408 g/mol. The lowest BCUT2D eigenvalue weighted by atomic mass is 9.88.